The van der Waals surface area contributed by atoms with Crippen LogP contribution < -0.4 is 10.9 Å². The number of fused-ring (bicyclic) bond motifs is 1. The number of rotatable bonds is 2. The Labute approximate surface area is 99.2 Å². The zero-order valence-corrected chi connectivity index (χ0v) is 9.10. The highest BCUT2D eigenvalue weighted by atomic mass is 19.4. The number of anilines is 1. The molecule has 0 saturated heterocycles. The molecule has 0 bridgehead atoms. The number of amides is 1. The van der Waals surface area contributed by atoms with E-state index >= 15 is 0 Å². The van der Waals surface area contributed by atoms with Crippen LogP contribution in [0.1, 0.15) is 18.5 Å². The molecule has 7 heteroatoms. The van der Waals surface area contributed by atoms with E-state index in [1.807, 2.05) is 0 Å². The average molecular weight is 258 g/mol. The quantitative estimate of drug-likeness (QED) is 0.848. The van der Waals surface area contributed by atoms with Gasteiger partial charge in [0.1, 0.15) is 11.4 Å². The summed E-state index contributed by atoms with van der Waals surface area (Å²) in [5.74, 6) is 0.142. The van der Waals surface area contributed by atoms with Gasteiger partial charge >= 0.3 is 6.18 Å². The van der Waals surface area contributed by atoms with Crippen LogP contribution in [-0.2, 0) is 11.0 Å². The first-order valence-electron chi connectivity index (χ1n) is 5.45. The van der Waals surface area contributed by atoms with Gasteiger partial charge in [0.05, 0.1) is 5.41 Å². The molecule has 4 nitrogen and oxygen atoms in total. The Bertz CT molecular complexity index is 585. The van der Waals surface area contributed by atoms with Gasteiger partial charge in [-0.15, -0.1) is 0 Å². The van der Waals surface area contributed by atoms with E-state index in [0.29, 0.717) is 5.92 Å². The molecule has 0 aliphatic heterocycles. The highest BCUT2D eigenvalue weighted by molar-refractivity contribution is 6.00. The lowest BCUT2D eigenvalue weighted by Crippen LogP contribution is -2.25. The van der Waals surface area contributed by atoms with Crippen molar-refractivity contribution in [2.75, 3.05) is 5.32 Å². The minimum absolute atomic E-state index is 0.139. The standard InChI is InChI=1S/C11H9F3N2O2/c12-11(13,14)7-2-1-6(8(17)16-7)15-9(18)10-3-5(10)4-10/h1-2,5H,3-4H2,(H,15,18)(H,16,17). The van der Waals surface area contributed by atoms with Gasteiger partial charge < -0.3 is 10.3 Å². The molecule has 1 heterocycles. The molecule has 2 fully saturated rings. The molecule has 2 aliphatic carbocycles. The molecule has 18 heavy (non-hydrogen) atoms. The van der Waals surface area contributed by atoms with E-state index in [2.05, 4.69) is 5.32 Å². The second-order valence-corrected chi connectivity index (χ2v) is 4.83. The van der Waals surface area contributed by atoms with E-state index in [4.69, 9.17) is 0 Å². The molecule has 1 aromatic rings. The van der Waals surface area contributed by atoms with E-state index < -0.39 is 17.4 Å². The number of aromatic nitrogens is 1. The lowest BCUT2D eigenvalue weighted by atomic mass is 10.2. The molecule has 96 valence electrons. The second kappa shape index (κ2) is 3.15. The van der Waals surface area contributed by atoms with Crippen LogP contribution in [0.4, 0.5) is 18.9 Å². The molecular formula is C11H9F3N2O2. The second-order valence-electron chi connectivity index (χ2n) is 4.83. The predicted octanol–water partition coefficient (Wildman–Crippen LogP) is 1.74. The van der Waals surface area contributed by atoms with Crippen molar-refractivity contribution in [3.05, 3.63) is 28.2 Å². The molecular weight excluding hydrogens is 249 g/mol. The van der Waals surface area contributed by atoms with Gasteiger partial charge in [0.25, 0.3) is 5.56 Å². The zero-order valence-electron chi connectivity index (χ0n) is 9.10. The Hall–Kier alpha value is -1.79. The van der Waals surface area contributed by atoms with Crippen LogP contribution in [0.2, 0.25) is 0 Å². The largest absolute Gasteiger partial charge is 0.431 e. The predicted molar refractivity (Wildman–Crippen MR) is 55.9 cm³/mol. The van der Waals surface area contributed by atoms with Gasteiger partial charge in [-0.25, -0.2) is 0 Å². The monoisotopic (exact) mass is 258 g/mol. The van der Waals surface area contributed by atoms with E-state index in [0.717, 1.165) is 25.0 Å². The Morgan fingerprint density at radius 2 is 2.00 bits per heavy atom. The number of alkyl halides is 3. The number of aromatic amines is 1. The summed E-state index contributed by atoms with van der Waals surface area (Å²) in [4.78, 5) is 24.8. The van der Waals surface area contributed by atoms with Crippen LogP contribution in [0, 0.1) is 11.3 Å². The van der Waals surface area contributed by atoms with Gasteiger partial charge in [-0.05, 0) is 30.9 Å². The van der Waals surface area contributed by atoms with E-state index in [9.17, 15) is 22.8 Å². The Balaban J connectivity index is 1.81. The van der Waals surface area contributed by atoms with Gasteiger partial charge in [0.15, 0.2) is 0 Å². The molecule has 0 unspecified atom stereocenters. The van der Waals surface area contributed by atoms with Crippen molar-refractivity contribution in [3.8, 4) is 0 Å². The number of hydrogen-bond acceptors (Lipinski definition) is 2. The number of carbonyl (C=O) groups is 1. The van der Waals surface area contributed by atoms with Crippen LogP contribution in [0.25, 0.3) is 0 Å². The van der Waals surface area contributed by atoms with E-state index in [1.54, 1.807) is 4.98 Å². The van der Waals surface area contributed by atoms with Gasteiger partial charge in [-0.2, -0.15) is 13.2 Å². The molecule has 0 atom stereocenters. The minimum Gasteiger partial charge on any atom is -0.321 e. The number of pyridine rings is 1. The first-order chi connectivity index (χ1) is 8.33. The molecule has 0 aromatic carbocycles. The molecule has 1 aromatic heterocycles. The highest BCUT2D eigenvalue weighted by Crippen LogP contribution is 2.75. The third-order valence-electron chi connectivity index (χ3n) is 3.60. The van der Waals surface area contributed by atoms with E-state index in [1.165, 1.54) is 0 Å². The maximum atomic E-state index is 12.3. The van der Waals surface area contributed by atoms with Crippen LogP contribution >= 0.6 is 0 Å². The van der Waals surface area contributed by atoms with E-state index in [-0.39, 0.29) is 17.0 Å². The van der Waals surface area contributed by atoms with Crippen LogP contribution in [0.3, 0.4) is 0 Å². The molecule has 3 rings (SSSR count). The Morgan fingerprint density at radius 1 is 1.39 bits per heavy atom. The number of nitrogens with one attached hydrogen (secondary N) is 2. The summed E-state index contributed by atoms with van der Waals surface area (Å²) in [6.07, 6.45) is -2.97. The van der Waals surface area contributed by atoms with Gasteiger partial charge in [0, 0.05) is 0 Å². The summed E-state index contributed by atoms with van der Waals surface area (Å²) in [5.41, 5.74) is -2.53. The maximum absolute atomic E-state index is 12.3. The molecule has 2 N–H and O–H groups in total. The summed E-state index contributed by atoms with van der Waals surface area (Å²) in [6, 6.07) is 1.72. The fourth-order valence-corrected chi connectivity index (χ4v) is 2.06. The van der Waals surface area contributed by atoms with Crippen molar-refractivity contribution in [2.45, 2.75) is 19.0 Å². The third kappa shape index (κ3) is 1.61. The maximum Gasteiger partial charge on any atom is 0.431 e. The Morgan fingerprint density at radius 3 is 2.44 bits per heavy atom. The summed E-state index contributed by atoms with van der Waals surface area (Å²) >= 11 is 0. The topological polar surface area (TPSA) is 62.0 Å². The van der Waals surface area contributed by atoms with Crippen LogP contribution in [0.5, 0.6) is 0 Å². The fraction of sp³-hybridized carbons (Fsp3) is 0.455. The van der Waals surface area contributed by atoms with Crippen molar-refractivity contribution in [3.63, 3.8) is 0 Å². The normalized spacial score (nSPS) is 28.5. The molecule has 2 saturated carbocycles. The van der Waals surface area contributed by atoms with Crippen molar-refractivity contribution in [2.24, 2.45) is 11.3 Å². The highest BCUT2D eigenvalue weighted by Gasteiger charge is 2.74. The third-order valence-corrected chi connectivity index (χ3v) is 3.60. The van der Waals surface area contributed by atoms with Crippen molar-refractivity contribution < 1.29 is 18.0 Å². The first kappa shape index (κ1) is 11.3. The average Bonchev–Trinajstić information content (AvgIpc) is 3.06. The van der Waals surface area contributed by atoms with Crippen molar-refractivity contribution in [1.29, 1.82) is 0 Å². The van der Waals surface area contributed by atoms with Gasteiger partial charge in [-0.1, -0.05) is 0 Å². The van der Waals surface area contributed by atoms with Gasteiger partial charge in [0.2, 0.25) is 5.91 Å². The minimum atomic E-state index is -4.60. The lowest BCUT2D eigenvalue weighted by Gasteiger charge is -2.09. The number of hydrogen-bond donors (Lipinski definition) is 2. The summed E-state index contributed by atoms with van der Waals surface area (Å²) < 4.78 is 36.9. The van der Waals surface area contributed by atoms with Gasteiger partial charge in [-0.3, -0.25) is 9.59 Å². The number of H-pyrrole nitrogens is 1. The summed E-state index contributed by atoms with van der Waals surface area (Å²) in [5, 5.41) is 2.38. The summed E-state index contributed by atoms with van der Waals surface area (Å²) in [6.45, 7) is 0. The molecule has 2 aliphatic rings. The summed E-state index contributed by atoms with van der Waals surface area (Å²) in [7, 11) is 0. The fourth-order valence-electron chi connectivity index (χ4n) is 2.06. The number of carbonyl (C=O) groups excluding carboxylic acids is 1. The first-order valence-corrected chi connectivity index (χ1v) is 5.45. The smallest absolute Gasteiger partial charge is 0.321 e. The molecule has 0 spiro atoms. The lowest BCUT2D eigenvalue weighted by molar-refractivity contribution is -0.141. The zero-order chi connectivity index (χ0) is 13.1. The van der Waals surface area contributed by atoms with Crippen LogP contribution in [0.15, 0.2) is 16.9 Å². The molecule has 1 amide bonds. The van der Waals surface area contributed by atoms with Crippen molar-refractivity contribution in [1.82, 2.24) is 4.98 Å². The van der Waals surface area contributed by atoms with Crippen LogP contribution in [-0.4, -0.2) is 10.9 Å². The molecule has 0 radical (unpaired) electrons. The SMILES string of the molecule is O=C(Nc1ccc(C(F)(F)F)[nH]c1=O)C12CC1C2. The Kier molecular flexibility index (Phi) is 1.98. The van der Waals surface area contributed by atoms with Crippen molar-refractivity contribution >= 4 is 11.6 Å². The number of halogens is 3.